The number of amides is 3. The molecule has 0 bridgehead atoms. The highest BCUT2D eigenvalue weighted by Crippen LogP contribution is 2.37. The van der Waals surface area contributed by atoms with E-state index in [1.807, 2.05) is 42.5 Å². The highest BCUT2D eigenvalue weighted by molar-refractivity contribution is 6.07. The van der Waals surface area contributed by atoms with Gasteiger partial charge in [0.05, 0.1) is 0 Å². The van der Waals surface area contributed by atoms with Crippen LogP contribution in [0, 0.1) is 5.92 Å². The van der Waals surface area contributed by atoms with Crippen molar-refractivity contribution in [2.45, 2.75) is 44.6 Å². The van der Waals surface area contributed by atoms with Crippen molar-refractivity contribution in [3.63, 3.8) is 0 Å². The van der Waals surface area contributed by atoms with E-state index in [0.29, 0.717) is 12.5 Å². The van der Waals surface area contributed by atoms with Crippen molar-refractivity contribution in [3.8, 4) is 0 Å². The van der Waals surface area contributed by atoms with Gasteiger partial charge in [0.15, 0.2) is 0 Å². The molecular weight excluding hydrogens is 288 g/mol. The Morgan fingerprint density at radius 3 is 2.57 bits per heavy atom. The molecule has 3 rings (SSSR count). The molecule has 0 atom stereocenters. The normalized spacial score (nSPS) is 27.9. The van der Waals surface area contributed by atoms with Crippen LogP contribution in [0.2, 0.25) is 0 Å². The van der Waals surface area contributed by atoms with Crippen LogP contribution in [-0.2, 0) is 4.79 Å². The van der Waals surface area contributed by atoms with Gasteiger partial charge >= 0.3 is 6.03 Å². The van der Waals surface area contributed by atoms with Crippen molar-refractivity contribution in [2.75, 3.05) is 6.54 Å². The summed E-state index contributed by atoms with van der Waals surface area (Å²) < 4.78 is 0. The van der Waals surface area contributed by atoms with Gasteiger partial charge < -0.3 is 5.32 Å². The van der Waals surface area contributed by atoms with E-state index in [1.165, 1.54) is 4.90 Å². The SMILES string of the molecule is CCC1CCC2(CC1)NC(=O)N(CC=Cc1ccccc1)C2=O. The van der Waals surface area contributed by atoms with E-state index in [0.717, 1.165) is 37.7 Å². The van der Waals surface area contributed by atoms with Crippen LogP contribution >= 0.6 is 0 Å². The summed E-state index contributed by atoms with van der Waals surface area (Å²) in [6.07, 6.45) is 8.57. The lowest BCUT2D eigenvalue weighted by Gasteiger charge is -2.34. The number of benzene rings is 1. The first kappa shape index (κ1) is 15.8. The van der Waals surface area contributed by atoms with Crippen LogP contribution in [0.3, 0.4) is 0 Å². The predicted octanol–water partition coefficient (Wildman–Crippen LogP) is 3.59. The van der Waals surface area contributed by atoms with E-state index in [1.54, 1.807) is 0 Å². The Bertz CT molecular complexity index is 601. The number of hydrogen-bond donors (Lipinski definition) is 1. The number of carbonyl (C=O) groups is 2. The van der Waals surface area contributed by atoms with Gasteiger partial charge in [0.25, 0.3) is 5.91 Å². The van der Waals surface area contributed by atoms with E-state index in [9.17, 15) is 9.59 Å². The second-order valence-corrected chi connectivity index (χ2v) is 6.59. The van der Waals surface area contributed by atoms with E-state index >= 15 is 0 Å². The van der Waals surface area contributed by atoms with Crippen LogP contribution in [0.1, 0.15) is 44.6 Å². The van der Waals surface area contributed by atoms with Crippen molar-refractivity contribution in [1.29, 1.82) is 0 Å². The number of imide groups is 1. The van der Waals surface area contributed by atoms with E-state index in [-0.39, 0.29) is 11.9 Å². The molecule has 1 aliphatic heterocycles. The van der Waals surface area contributed by atoms with Gasteiger partial charge in [-0.3, -0.25) is 9.69 Å². The Kier molecular flexibility index (Phi) is 4.51. The number of urea groups is 1. The molecular formula is C19H24N2O2. The third-order valence-electron chi connectivity index (χ3n) is 5.18. The summed E-state index contributed by atoms with van der Waals surface area (Å²) >= 11 is 0. The molecule has 1 aliphatic carbocycles. The summed E-state index contributed by atoms with van der Waals surface area (Å²) in [4.78, 5) is 26.3. The summed E-state index contributed by atoms with van der Waals surface area (Å²) in [7, 11) is 0. The van der Waals surface area contributed by atoms with Crippen LogP contribution in [0.25, 0.3) is 6.08 Å². The van der Waals surface area contributed by atoms with Gasteiger partial charge in [-0.25, -0.2) is 4.79 Å². The first-order valence-electron chi connectivity index (χ1n) is 8.50. The van der Waals surface area contributed by atoms with Gasteiger partial charge in [0.2, 0.25) is 0 Å². The van der Waals surface area contributed by atoms with Gasteiger partial charge in [0.1, 0.15) is 5.54 Å². The number of nitrogens with one attached hydrogen (secondary N) is 1. The average Bonchev–Trinajstić information content (AvgIpc) is 2.81. The van der Waals surface area contributed by atoms with Crippen molar-refractivity contribution < 1.29 is 9.59 Å². The lowest BCUT2D eigenvalue weighted by molar-refractivity contribution is -0.132. The summed E-state index contributed by atoms with van der Waals surface area (Å²) in [6.45, 7) is 2.52. The molecule has 1 heterocycles. The molecule has 2 aliphatic rings. The molecule has 0 aromatic heterocycles. The Hall–Kier alpha value is -2.10. The Morgan fingerprint density at radius 2 is 1.91 bits per heavy atom. The molecule has 4 heteroatoms. The first-order chi connectivity index (χ1) is 11.1. The molecule has 4 nitrogen and oxygen atoms in total. The summed E-state index contributed by atoms with van der Waals surface area (Å²) in [5.41, 5.74) is 0.432. The molecule has 1 aromatic carbocycles. The topological polar surface area (TPSA) is 49.4 Å². The predicted molar refractivity (Wildman–Crippen MR) is 90.7 cm³/mol. The van der Waals surface area contributed by atoms with Crippen LogP contribution in [0.4, 0.5) is 4.79 Å². The summed E-state index contributed by atoms with van der Waals surface area (Å²) in [5.74, 6) is 0.645. The Balaban J connectivity index is 1.64. The zero-order valence-corrected chi connectivity index (χ0v) is 13.6. The van der Waals surface area contributed by atoms with Crippen molar-refractivity contribution in [3.05, 3.63) is 42.0 Å². The second kappa shape index (κ2) is 6.57. The summed E-state index contributed by atoms with van der Waals surface area (Å²) in [6, 6.07) is 9.64. The fourth-order valence-corrected chi connectivity index (χ4v) is 3.62. The molecule has 3 amide bonds. The minimum Gasteiger partial charge on any atom is -0.323 e. The molecule has 1 spiro atoms. The molecule has 0 unspecified atom stereocenters. The lowest BCUT2D eigenvalue weighted by atomic mass is 9.75. The molecule has 122 valence electrons. The second-order valence-electron chi connectivity index (χ2n) is 6.59. The molecule has 0 radical (unpaired) electrons. The highest BCUT2D eigenvalue weighted by atomic mass is 16.2. The van der Waals surface area contributed by atoms with Crippen LogP contribution in [-0.4, -0.2) is 28.9 Å². The third-order valence-corrected chi connectivity index (χ3v) is 5.18. The molecule has 1 N–H and O–H groups in total. The van der Waals surface area contributed by atoms with Crippen molar-refractivity contribution in [2.24, 2.45) is 5.92 Å². The van der Waals surface area contributed by atoms with Crippen LogP contribution in [0.15, 0.2) is 36.4 Å². The maximum absolute atomic E-state index is 12.7. The standard InChI is InChI=1S/C19H24N2O2/c1-2-15-10-12-19(13-11-15)17(22)21(18(23)20-19)14-6-9-16-7-4-3-5-8-16/h3-9,15H,2,10-14H2,1H3,(H,20,23). The number of hydrogen-bond acceptors (Lipinski definition) is 2. The number of carbonyl (C=O) groups excluding carboxylic acids is 2. The highest BCUT2D eigenvalue weighted by Gasteiger charge is 2.51. The quantitative estimate of drug-likeness (QED) is 0.864. The van der Waals surface area contributed by atoms with Gasteiger partial charge in [-0.2, -0.15) is 0 Å². The van der Waals surface area contributed by atoms with E-state index in [4.69, 9.17) is 0 Å². The van der Waals surface area contributed by atoms with E-state index < -0.39 is 5.54 Å². The number of nitrogens with zero attached hydrogens (tertiary/aromatic N) is 1. The Morgan fingerprint density at radius 1 is 1.22 bits per heavy atom. The zero-order valence-electron chi connectivity index (χ0n) is 13.6. The lowest BCUT2D eigenvalue weighted by Crippen LogP contribution is -2.49. The third kappa shape index (κ3) is 3.16. The van der Waals surface area contributed by atoms with E-state index in [2.05, 4.69) is 12.2 Å². The van der Waals surface area contributed by atoms with Gasteiger partial charge in [-0.15, -0.1) is 0 Å². The molecule has 1 saturated heterocycles. The molecule has 1 aromatic rings. The fourth-order valence-electron chi connectivity index (χ4n) is 3.62. The fraction of sp³-hybridized carbons (Fsp3) is 0.474. The van der Waals surface area contributed by atoms with Crippen LogP contribution in [0.5, 0.6) is 0 Å². The minimum absolute atomic E-state index is 0.0465. The van der Waals surface area contributed by atoms with Gasteiger partial charge in [-0.1, -0.05) is 55.8 Å². The Labute approximate surface area is 137 Å². The van der Waals surface area contributed by atoms with Crippen molar-refractivity contribution in [1.82, 2.24) is 10.2 Å². The first-order valence-corrected chi connectivity index (χ1v) is 8.50. The monoisotopic (exact) mass is 312 g/mol. The number of rotatable bonds is 4. The minimum atomic E-state index is -0.636. The molecule has 2 fully saturated rings. The van der Waals surface area contributed by atoms with Gasteiger partial charge in [0, 0.05) is 6.54 Å². The van der Waals surface area contributed by atoms with Crippen molar-refractivity contribution >= 4 is 18.0 Å². The zero-order chi connectivity index (χ0) is 16.3. The van der Waals surface area contributed by atoms with Gasteiger partial charge in [-0.05, 0) is 37.2 Å². The molecule has 1 saturated carbocycles. The molecule has 23 heavy (non-hydrogen) atoms. The van der Waals surface area contributed by atoms with Crippen LogP contribution < -0.4 is 5.32 Å². The summed E-state index contributed by atoms with van der Waals surface area (Å²) in [5, 5.41) is 2.97. The largest absolute Gasteiger partial charge is 0.325 e. The maximum Gasteiger partial charge on any atom is 0.325 e. The average molecular weight is 312 g/mol. The maximum atomic E-state index is 12.7. The smallest absolute Gasteiger partial charge is 0.323 e.